The molecule has 0 saturated carbocycles. The molecule has 7 heteroatoms. The quantitative estimate of drug-likeness (QED) is 0.740. The number of carbonyl (C=O) groups excluding carboxylic acids is 1. The number of carbonyl (C=O) groups is 1. The van der Waals surface area contributed by atoms with Gasteiger partial charge in [-0.2, -0.15) is 0 Å². The van der Waals surface area contributed by atoms with E-state index in [4.69, 9.17) is 27.9 Å². The Kier molecular flexibility index (Phi) is 5.03. The molecule has 0 bridgehead atoms. The van der Waals surface area contributed by atoms with E-state index < -0.39 is 0 Å². The Balaban J connectivity index is 1.66. The lowest BCUT2D eigenvalue weighted by molar-refractivity contribution is -0.118. The van der Waals surface area contributed by atoms with Crippen LogP contribution < -0.4 is 10.1 Å². The molecule has 0 saturated heterocycles. The Labute approximate surface area is 148 Å². The normalized spacial score (nSPS) is 10.4. The summed E-state index contributed by atoms with van der Waals surface area (Å²) in [6.07, 6.45) is 5.14. The molecule has 2 aromatic carbocycles. The molecule has 0 spiro atoms. The third-order valence-corrected chi connectivity index (χ3v) is 3.95. The minimum absolute atomic E-state index is 0.133. The molecule has 1 heterocycles. The molecule has 5 nitrogen and oxygen atoms in total. The highest BCUT2D eigenvalue weighted by atomic mass is 35.5. The zero-order chi connectivity index (χ0) is 16.9. The topological polar surface area (TPSA) is 56.2 Å². The Bertz CT molecular complexity index is 851. The van der Waals surface area contributed by atoms with Crippen molar-refractivity contribution in [2.24, 2.45) is 0 Å². The third kappa shape index (κ3) is 3.88. The van der Waals surface area contributed by atoms with Gasteiger partial charge >= 0.3 is 0 Å². The summed E-state index contributed by atoms with van der Waals surface area (Å²) >= 11 is 11.8. The number of nitrogens with one attached hydrogen (secondary N) is 1. The van der Waals surface area contributed by atoms with Crippen molar-refractivity contribution in [3.8, 4) is 11.4 Å². The van der Waals surface area contributed by atoms with E-state index in [1.54, 1.807) is 43.0 Å². The van der Waals surface area contributed by atoms with E-state index in [2.05, 4.69) is 10.3 Å². The van der Waals surface area contributed by atoms with Gasteiger partial charge in [-0.25, -0.2) is 4.98 Å². The van der Waals surface area contributed by atoms with E-state index in [9.17, 15) is 4.79 Å². The van der Waals surface area contributed by atoms with E-state index in [1.807, 2.05) is 22.8 Å². The number of imidazole rings is 1. The standard InChI is InChI=1S/C17H13Cl2N3O2/c18-13-6-5-12(9-14(13)19)21-17(23)10-24-16-4-2-1-3-15(16)22-8-7-20-11-22/h1-9,11H,10H2,(H,21,23). The van der Waals surface area contributed by atoms with E-state index in [1.165, 1.54) is 0 Å². The van der Waals surface area contributed by atoms with Crippen LogP contribution in [0.25, 0.3) is 5.69 Å². The molecule has 0 atom stereocenters. The number of benzene rings is 2. The summed E-state index contributed by atoms with van der Waals surface area (Å²) in [7, 11) is 0. The average molecular weight is 362 g/mol. The predicted molar refractivity (Wildman–Crippen MR) is 94.2 cm³/mol. The zero-order valence-corrected chi connectivity index (χ0v) is 14.0. The number of anilines is 1. The highest BCUT2D eigenvalue weighted by Gasteiger charge is 2.09. The van der Waals surface area contributed by atoms with Crippen molar-refractivity contribution in [3.05, 3.63) is 71.2 Å². The van der Waals surface area contributed by atoms with E-state index in [0.717, 1.165) is 5.69 Å². The number of ether oxygens (including phenoxy) is 1. The Hall–Kier alpha value is -2.50. The molecule has 0 aliphatic rings. The van der Waals surface area contributed by atoms with Crippen LogP contribution in [0, 0.1) is 0 Å². The molecule has 1 aromatic heterocycles. The van der Waals surface area contributed by atoms with Crippen LogP contribution in [0.4, 0.5) is 5.69 Å². The van der Waals surface area contributed by atoms with Gasteiger partial charge in [0.15, 0.2) is 6.61 Å². The molecule has 0 aliphatic heterocycles. The first-order valence-electron chi connectivity index (χ1n) is 7.08. The number of rotatable bonds is 5. The highest BCUT2D eigenvalue weighted by Crippen LogP contribution is 2.25. The Morgan fingerprint density at radius 1 is 1.17 bits per heavy atom. The SMILES string of the molecule is O=C(COc1ccccc1-n1ccnc1)Nc1ccc(Cl)c(Cl)c1. The van der Waals surface area contributed by atoms with E-state index >= 15 is 0 Å². The van der Waals surface area contributed by atoms with Crippen molar-refractivity contribution in [1.82, 2.24) is 9.55 Å². The number of halogens is 2. The van der Waals surface area contributed by atoms with E-state index in [-0.39, 0.29) is 12.5 Å². The first kappa shape index (κ1) is 16.4. The fraction of sp³-hybridized carbons (Fsp3) is 0.0588. The number of aromatic nitrogens is 2. The molecule has 0 radical (unpaired) electrons. The molecule has 0 aliphatic carbocycles. The van der Waals surface area contributed by atoms with Crippen molar-refractivity contribution in [2.45, 2.75) is 0 Å². The lowest BCUT2D eigenvalue weighted by atomic mass is 10.3. The van der Waals surface area contributed by atoms with Gasteiger partial charge in [-0.05, 0) is 30.3 Å². The second-order valence-corrected chi connectivity index (χ2v) is 5.72. The van der Waals surface area contributed by atoms with Crippen LogP contribution in [0.5, 0.6) is 5.75 Å². The lowest BCUT2D eigenvalue weighted by Crippen LogP contribution is -2.20. The smallest absolute Gasteiger partial charge is 0.262 e. The molecule has 3 aromatic rings. The average Bonchev–Trinajstić information content (AvgIpc) is 3.11. The number of para-hydroxylation sites is 2. The fourth-order valence-corrected chi connectivity index (χ4v) is 2.41. The molecule has 1 amide bonds. The van der Waals surface area contributed by atoms with Gasteiger partial charge in [0.25, 0.3) is 5.91 Å². The second-order valence-electron chi connectivity index (χ2n) is 4.90. The van der Waals surface area contributed by atoms with Crippen LogP contribution in [0.15, 0.2) is 61.2 Å². The summed E-state index contributed by atoms with van der Waals surface area (Å²) in [6.45, 7) is -0.133. The number of hydrogen-bond donors (Lipinski definition) is 1. The Morgan fingerprint density at radius 3 is 2.75 bits per heavy atom. The van der Waals surface area contributed by atoms with Crippen molar-refractivity contribution >= 4 is 34.8 Å². The minimum Gasteiger partial charge on any atom is -0.482 e. The maximum Gasteiger partial charge on any atom is 0.262 e. The van der Waals surface area contributed by atoms with Gasteiger partial charge in [-0.3, -0.25) is 4.79 Å². The molecule has 1 N–H and O–H groups in total. The minimum atomic E-state index is -0.297. The van der Waals surface area contributed by atoms with Crippen LogP contribution in [0.1, 0.15) is 0 Å². The monoisotopic (exact) mass is 361 g/mol. The van der Waals surface area contributed by atoms with Gasteiger partial charge in [0.1, 0.15) is 5.75 Å². The molecule has 3 rings (SSSR count). The molecule has 0 fully saturated rings. The summed E-state index contributed by atoms with van der Waals surface area (Å²) in [4.78, 5) is 16.1. The number of hydrogen-bond acceptors (Lipinski definition) is 3. The highest BCUT2D eigenvalue weighted by molar-refractivity contribution is 6.42. The Morgan fingerprint density at radius 2 is 2.00 bits per heavy atom. The van der Waals surface area contributed by atoms with E-state index in [0.29, 0.717) is 21.5 Å². The zero-order valence-electron chi connectivity index (χ0n) is 12.4. The van der Waals surface area contributed by atoms with Crippen molar-refractivity contribution in [3.63, 3.8) is 0 Å². The van der Waals surface area contributed by atoms with Gasteiger partial charge in [-0.1, -0.05) is 35.3 Å². The van der Waals surface area contributed by atoms with Crippen molar-refractivity contribution in [2.75, 3.05) is 11.9 Å². The summed E-state index contributed by atoms with van der Waals surface area (Å²) in [6, 6.07) is 12.3. The maximum atomic E-state index is 12.0. The summed E-state index contributed by atoms with van der Waals surface area (Å²) < 4.78 is 7.44. The van der Waals surface area contributed by atoms with Gasteiger partial charge in [-0.15, -0.1) is 0 Å². The van der Waals surface area contributed by atoms with Crippen molar-refractivity contribution < 1.29 is 9.53 Å². The lowest BCUT2D eigenvalue weighted by Gasteiger charge is -2.12. The maximum absolute atomic E-state index is 12.0. The molecular formula is C17H13Cl2N3O2. The largest absolute Gasteiger partial charge is 0.482 e. The second kappa shape index (κ2) is 7.38. The number of amides is 1. The van der Waals surface area contributed by atoms with Gasteiger partial charge in [0.05, 0.1) is 22.1 Å². The third-order valence-electron chi connectivity index (χ3n) is 3.21. The summed E-state index contributed by atoms with van der Waals surface area (Å²) in [5.74, 6) is 0.286. The molecule has 0 unspecified atom stereocenters. The van der Waals surface area contributed by atoms with Crippen LogP contribution in [0.3, 0.4) is 0 Å². The van der Waals surface area contributed by atoms with Crippen LogP contribution in [-0.4, -0.2) is 22.1 Å². The van der Waals surface area contributed by atoms with Crippen LogP contribution in [0.2, 0.25) is 10.0 Å². The van der Waals surface area contributed by atoms with Gasteiger partial charge < -0.3 is 14.6 Å². The van der Waals surface area contributed by atoms with Crippen LogP contribution >= 0.6 is 23.2 Å². The van der Waals surface area contributed by atoms with Gasteiger partial charge in [0, 0.05) is 18.1 Å². The molecular weight excluding hydrogens is 349 g/mol. The van der Waals surface area contributed by atoms with Crippen LogP contribution in [-0.2, 0) is 4.79 Å². The first-order chi connectivity index (χ1) is 11.6. The van der Waals surface area contributed by atoms with Gasteiger partial charge in [0.2, 0.25) is 0 Å². The summed E-state index contributed by atoms with van der Waals surface area (Å²) in [5.41, 5.74) is 1.36. The molecule has 122 valence electrons. The predicted octanol–water partition coefficient (Wildman–Crippen LogP) is 4.20. The van der Waals surface area contributed by atoms with Crippen molar-refractivity contribution in [1.29, 1.82) is 0 Å². The number of nitrogens with zero attached hydrogens (tertiary/aromatic N) is 2. The molecule has 24 heavy (non-hydrogen) atoms. The first-order valence-corrected chi connectivity index (χ1v) is 7.84. The fourth-order valence-electron chi connectivity index (χ4n) is 2.11. The summed E-state index contributed by atoms with van der Waals surface area (Å²) in [5, 5.41) is 3.51.